The second kappa shape index (κ2) is 8.40. The number of pyridine rings is 1. The summed E-state index contributed by atoms with van der Waals surface area (Å²) >= 11 is 0. The Morgan fingerprint density at radius 3 is 2.42 bits per heavy atom. The topological polar surface area (TPSA) is 63.6 Å². The third-order valence-electron chi connectivity index (χ3n) is 5.94. The normalized spacial score (nSPS) is 24.5. The lowest BCUT2D eigenvalue weighted by Gasteiger charge is -2.37. The monoisotopic (exact) mass is 419 g/mol. The third-order valence-corrected chi connectivity index (χ3v) is 5.94. The van der Waals surface area contributed by atoms with Crippen LogP contribution in [0.15, 0.2) is 42.5 Å². The maximum atomic E-state index is 5.93. The molecule has 0 N–H and O–H groups in total. The van der Waals surface area contributed by atoms with Gasteiger partial charge in [0.15, 0.2) is 5.65 Å². The van der Waals surface area contributed by atoms with Crippen LogP contribution in [0.1, 0.15) is 20.8 Å². The summed E-state index contributed by atoms with van der Waals surface area (Å²) in [6.45, 7) is 10.1. The number of hydrogen-bond acceptors (Lipinski definition) is 7. The lowest BCUT2D eigenvalue weighted by atomic mass is 10.1. The molecule has 3 aromatic rings. The highest BCUT2D eigenvalue weighted by molar-refractivity contribution is 5.90. The molecule has 2 aliphatic rings. The maximum Gasteiger partial charge on any atom is 0.229 e. The molecule has 7 nitrogen and oxygen atoms in total. The molecule has 0 bridgehead atoms. The number of anilines is 2. The molecule has 0 aliphatic carbocycles. The van der Waals surface area contributed by atoms with E-state index in [0.717, 1.165) is 53.7 Å². The van der Waals surface area contributed by atoms with Crippen molar-refractivity contribution in [1.82, 2.24) is 15.0 Å². The van der Waals surface area contributed by atoms with Gasteiger partial charge in [0.1, 0.15) is 5.82 Å². The molecule has 7 heteroatoms. The first kappa shape index (κ1) is 20.2. The molecule has 4 heterocycles. The van der Waals surface area contributed by atoms with Gasteiger partial charge in [-0.15, -0.1) is 0 Å². The van der Waals surface area contributed by atoms with Gasteiger partial charge < -0.3 is 19.3 Å². The Bertz CT molecular complexity index is 1050. The van der Waals surface area contributed by atoms with Crippen molar-refractivity contribution in [2.75, 3.05) is 42.6 Å². The number of fused-ring (bicyclic) bond motifs is 1. The van der Waals surface area contributed by atoms with Gasteiger partial charge in [-0.3, -0.25) is 0 Å². The van der Waals surface area contributed by atoms with Crippen molar-refractivity contribution < 1.29 is 9.47 Å². The smallest absolute Gasteiger partial charge is 0.229 e. The van der Waals surface area contributed by atoms with E-state index in [1.165, 1.54) is 0 Å². The molecule has 0 radical (unpaired) electrons. The number of morpholine rings is 2. The van der Waals surface area contributed by atoms with Crippen LogP contribution in [0.25, 0.3) is 22.3 Å². The van der Waals surface area contributed by atoms with E-state index in [1.807, 2.05) is 18.2 Å². The summed E-state index contributed by atoms with van der Waals surface area (Å²) in [5, 5.41) is 0.978. The first-order chi connectivity index (χ1) is 15.1. The van der Waals surface area contributed by atoms with Crippen molar-refractivity contribution in [3.05, 3.63) is 42.5 Å². The molecule has 1 aromatic carbocycles. The molecule has 2 aromatic heterocycles. The number of nitrogens with zero attached hydrogens (tertiary/aromatic N) is 5. The van der Waals surface area contributed by atoms with E-state index in [4.69, 9.17) is 24.4 Å². The summed E-state index contributed by atoms with van der Waals surface area (Å²) in [5.41, 5.74) is 2.73. The van der Waals surface area contributed by atoms with Crippen LogP contribution in [-0.4, -0.2) is 66.0 Å². The van der Waals surface area contributed by atoms with Gasteiger partial charge >= 0.3 is 0 Å². The SMILES string of the molecule is C[C@@H]1CN(c2nc(N3CCOC[C@@H]3C)c3ccc(-c4ccccc4)nc3n2)C[C@H](C)O1. The number of rotatable bonds is 3. The van der Waals surface area contributed by atoms with E-state index < -0.39 is 0 Å². The molecule has 0 saturated carbocycles. The zero-order valence-electron chi connectivity index (χ0n) is 18.4. The van der Waals surface area contributed by atoms with Gasteiger partial charge in [-0.05, 0) is 32.9 Å². The molecule has 3 atom stereocenters. The van der Waals surface area contributed by atoms with Crippen LogP contribution in [0.4, 0.5) is 11.8 Å². The Morgan fingerprint density at radius 2 is 1.68 bits per heavy atom. The van der Waals surface area contributed by atoms with E-state index in [9.17, 15) is 0 Å². The van der Waals surface area contributed by atoms with Crippen molar-refractivity contribution in [3.8, 4) is 11.3 Å². The second-order valence-electron chi connectivity index (χ2n) is 8.56. The highest BCUT2D eigenvalue weighted by Crippen LogP contribution is 2.31. The highest BCUT2D eigenvalue weighted by Gasteiger charge is 2.28. The molecule has 5 rings (SSSR count). The number of benzene rings is 1. The first-order valence-corrected chi connectivity index (χ1v) is 11.1. The average molecular weight is 420 g/mol. The summed E-state index contributed by atoms with van der Waals surface area (Å²) in [6, 6.07) is 14.7. The van der Waals surface area contributed by atoms with Crippen molar-refractivity contribution in [2.24, 2.45) is 0 Å². The minimum absolute atomic E-state index is 0.136. The Hall–Kier alpha value is -2.77. The molecular formula is C24H29N5O2. The minimum atomic E-state index is 0.136. The van der Waals surface area contributed by atoms with E-state index in [2.05, 4.69) is 54.8 Å². The van der Waals surface area contributed by atoms with Crippen LogP contribution in [0, 0.1) is 0 Å². The Labute approximate surface area is 183 Å². The highest BCUT2D eigenvalue weighted by atomic mass is 16.5. The predicted molar refractivity (Wildman–Crippen MR) is 123 cm³/mol. The molecule has 0 spiro atoms. The summed E-state index contributed by atoms with van der Waals surface area (Å²) in [4.78, 5) is 19.5. The van der Waals surface area contributed by atoms with Gasteiger partial charge in [-0.2, -0.15) is 9.97 Å². The van der Waals surface area contributed by atoms with Crippen molar-refractivity contribution in [1.29, 1.82) is 0 Å². The van der Waals surface area contributed by atoms with Crippen molar-refractivity contribution in [2.45, 2.75) is 39.0 Å². The fourth-order valence-corrected chi connectivity index (χ4v) is 4.50. The Morgan fingerprint density at radius 1 is 0.903 bits per heavy atom. The minimum Gasteiger partial charge on any atom is -0.377 e. The molecule has 0 unspecified atom stereocenters. The fourth-order valence-electron chi connectivity index (χ4n) is 4.50. The molecule has 2 aliphatic heterocycles. The van der Waals surface area contributed by atoms with Gasteiger partial charge in [-0.1, -0.05) is 30.3 Å². The Balaban J connectivity index is 1.64. The molecular weight excluding hydrogens is 390 g/mol. The summed E-state index contributed by atoms with van der Waals surface area (Å²) in [7, 11) is 0. The van der Waals surface area contributed by atoms with Crippen LogP contribution in [0.5, 0.6) is 0 Å². The van der Waals surface area contributed by atoms with Crippen LogP contribution in [0.3, 0.4) is 0 Å². The second-order valence-corrected chi connectivity index (χ2v) is 8.56. The van der Waals surface area contributed by atoms with Gasteiger partial charge in [-0.25, -0.2) is 4.98 Å². The van der Waals surface area contributed by atoms with Gasteiger partial charge in [0.25, 0.3) is 0 Å². The number of ether oxygens (including phenoxy) is 2. The van der Waals surface area contributed by atoms with Crippen LogP contribution < -0.4 is 9.80 Å². The van der Waals surface area contributed by atoms with Crippen LogP contribution >= 0.6 is 0 Å². The summed E-state index contributed by atoms with van der Waals surface area (Å²) < 4.78 is 11.6. The van der Waals surface area contributed by atoms with Crippen molar-refractivity contribution in [3.63, 3.8) is 0 Å². The largest absolute Gasteiger partial charge is 0.377 e. The van der Waals surface area contributed by atoms with E-state index in [0.29, 0.717) is 13.2 Å². The van der Waals surface area contributed by atoms with Crippen LogP contribution in [-0.2, 0) is 9.47 Å². The van der Waals surface area contributed by atoms with Gasteiger partial charge in [0.2, 0.25) is 5.95 Å². The fraction of sp³-hybridized carbons (Fsp3) is 0.458. The zero-order chi connectivity index (χ0) is 21.4. The lowest BCUT2D eigenvalue weighted by molar-refractivity contribution is -0.00570. The molecule has 2 fully saturated rings. The van der Waals surface area contributed by atoms with Crippen LogP contribution in [0.2, 0.25) is 0 Å². The quantitative estimate of drug-likeness (QED) is 0.643. The Kier molecular flexibility index (Phi) is 5.46. The number of aromatic nitrogens is 3. The standard InChI is InChI=1S/C24H29N5O2/c1-16-15-30-12-11-29(16)23-20-9-10-21(19-7-5-4-6-8-19)25-22(20)26-24(27-23)28-13-17(2)31-18(3)14-28/h4-10,16-18H,11-15H2,1-3H3/t16-,17-,18+/m0/s1. The van der Waals surface area contributed by atoms with Gasteiger partial charge in [0.05, 0.1) is 42.5 Å². The van der Waals surface area contributed by atoms with E-state index in [-0.39, 0.29) is 18.2 Å². The van der Waals surface area contributed by atoms with E-state index >= 15 is 0 Å². The molecule has 2 saturated heterocycles. The number of hydrogen-bond donors (Lipinski definition) is 0. The molecule has 0 amide bonds. The van der Waals surface area contributed by atoms with Crippen molar-refractivity contribution >= 4 is 22.8 Å². The van der Waals surface area contributed by atoms with E-state index in [1.54, 1.807) is 0 Å². The van der Waals surface area contributed by atoms with Gasteiger partial charge in [0, 0.05) is 25.2 Å². The lowest BCUT2D eigenvalue weighted by Crippen LogP contribution is -2.47. The first-order valence-electron chi connectivity index (χ1n) is 11.1. The third kappa shape index (κ3) is 4.07. The maximum absolute atomic E-state index is 5.93. The summed E-state index contributed by atoms with van der Waals surface area (Å²) in [6.07, 6.45) is 0.273. The predicted octanol–water partition coefficient (Wildman–Crippen LogP) is 3.53. The zero-order valence-corrected chi connectivity index (χ0v) is 18.4. The average Bonchev–Trinajstić information content (AvgIpc) is 2.78. The molecule has 31 heavy (non-hydrogen) atoms. The summed E-state index contributed by atoms with van der Waals surface area (Å²) in [5.74, 6) is 1.66. The molecule has 162 valence electrons.